The Kier molecular flexibility index (Phi) is 3.47. The van der Waals surface area contributed by atoms with Crippen molar-refractivity contribution in [2.45, 2.75) is 25.3 Å². The number of nitrogens with zero attached hydrogens (tertiary/aromatic N) is 2. The molecule has 2 rings (SSSR count). The van der Waals surface area contributed by atoms with Gasteiger partial charge < -0.3 is 10.6 Å². The van der Waals surface area contributed by atoms with E-state index in [4.69, 9.17) is 11.0 Å². The molecule has 2 N–H and O–H groups in total. The van der Waals surface area contributed by atoms with Crippen molar-refractivity contribution in [3.05, 3.63) is 29.6 Å². The number of nitrogen functional groups attached to an aromatic ring is 1. The van der Waals surface area contributed by atoms with Crippen LogP contribution in [0.3, 0.4) is 0 Å². The smallest absolute Gasteiger partial charge is 0.256 e. The molecular formula is C13H14FN3O. The molecule has 1 fully saturated rings. The lowest BCUT2D eigenvalue weighted by Gasteiger charge is -2.22. The van der Waals surface area contributed by atoms with Crippen LogP contribution in [0.25, 0.3) is 0 Å². The zero-order valence-corrected chi connectivity index (χ0v) is 9.90. The van der Waals surface area contributed by atoms with Crippen molar-refractivity contribution < 1.29 is 9.18 Å². The number of anilines is 1. The maximum Gasteiger partial charge on any atom is 0.256 e. The van der Waals surface area contributed by atoms with Gasteiger partial charge in [0.25, 0.3) is 5.91 Å². The molecule has 0 aliphatic heterocycles. The summed E-state index contributed by atoms with van der Waals surface area (Å²) in [6, 6.07) is 6.40. The van der Waals surface area contributed by atoms with E-state index in [1.807, 2.05) is 6.07 Å². The normalized spacial score (nSPS) is 14.0. The zero-order chi connectivity index (χ0) is 13.1. The van der Waals surface area contributed by atoms with E-state index in [0.717, 1.165) is 12.8 Å². The predicted molar refractivity (Wildman–Crippen MR) is 65.1 cm³/mol. The van der Waals surface area contributed by atoms with Crippen LogP contribution in [-0.2, 0) is 0 Å². The molecule has 1 saturated carbocycles. The highest BCUT2D eigenvalue weighted by molar-refractivity contribution is 5.99. The van der Waals surface area contributed by atoms with Crippen LogP contribution in [0.4, 0.5) is 10.1 Å². The number of halogens is 1. The molecule has 0 radical (unpaired) electrons. The minimum Gasteiger partial charge on any atom is -0.396 e. The molecule has 0 unspecified atom stereocenters. The standard InChI is InChI=1S/C13H14FN3O/c14-11-4-1-3-10(12(11)16)13(18)17(8-2-7-15)9-5-6-9/h1,3-4,9H,2,5-6,8,16H2. The highest BCUT2D eigenvalue weighted by Crippen LogP contribution is 2.29. The highest BCUT2D eigenvalue weighted by atomic mass is 19.1. The van der Waals surface area contributed by atoms with Gasteiger partial charge in [0, 0.05) is 12.6 Å². The first-order valence-corrected chi connectivity index (χ1v) is 5.87. The second-order valence-corrected chi connectivity index (χ2v) is 4.34. The fourth-order valence-corrected chi connectivity index (χ4v) is 1.88. The number of carbonyl (C=O) groups is 1. The average molecular weight is 247 g/mol. The van der Waals surface area contributed by atoms with Crippen molar-refractivity contribution in [2.24, 2.45) is 0 Å². The molecule has 0 bridgehead atoms. The van der Waals surface area contributed by atoms with E-state index in [1.165, 1.54) is 18.2 Å². The molecule has 18 heavy (non-hydrogen) atoms. The van der Waals surface area contributed by atoms with Crippen LogP contribution in [0.2, 0.25) is 0 Å². The molecule has 1 aromatic carbocycles. The third-order valence-corrected chi connectivity index (χ3v) is 3.00. The molecule has 0 atom stereocenters. The number of benzene rings is 1. The van der Waals surface area contributed by atoms with Gasteiger partial charge in [-0.1, -0.05) is 6.07 Å². The zero-order valence-electron chi connectivity index (χ0n) is 9.90. The quantitative estimate of drug-likeness (QED) is 0.826. The van der Waals surface area contributed by atoms with Crippen molar-refractivity contribution in [3.63, 3.8) is 0 Å². The van der Waals surface area contributed by atoms with Crippen LogP contribution < -0.4 is 5.73 Å². The maximum absolute atomic E-state index is 13.3. The van der Waals surface area contributed by atoms with Crippen LogP contribution >= 0.6 is 0 Å². The van der Waals surface area contributed by atoms with E-state index in [1.54, 1.807) is 4.90 Å². The number of hydrogen-bond donors (Lipinski definition) is 1. The number of carbonyl (C=O) groups excluding carboxylic acids is 1. The van der Waals surface area contributed by atoms with Gasteiger partial charge in [-0.25, -0.2) is 4.39 Å². The molecule has 0 spiro atoms. The lowest BCUT2D eigenvalue weighted by molar-refractivity contribution is 0.0747. The van der Waals surface area contributed by atoms with Crippen LogP contribution in [0.1, 0.15) is 29.6 Å². The van der Waals surface area contributed by atoms with Gasteiger partial charge in [-0.15, -0.1) is 0 Å². The maximum atomic E-state index is 13.3. The average Bonchev–Trinajstić information content (AvgIpc) is 3.17. The summed E-state index contributed by atoms with van der Waals surface area (Å²) in [5, 5.41) is 8.60. The topological polar surface area (TPSA) is 70.1 Å². The van der Waals surface area contributed by atoms with Gasteiger partial charge in [0.05, 0.1) is 23.7 Å². The Morgan fingerprint density at radius 1 is 1.56 bits per heavy atom. The molecule has 1 amide bonds. The summed E-state index contributed by atoms with van der Waals surface area (Å²) in [5.41, 5.74) is 5.64. The van der Waals surface area contributed by atoms with E-state index in [2.05, 4.69) is 0 Å². The fourth-order valence-electron chi connectivity index (χ4n) is 1.88. The van der Waals surface area contributed by atoms with Gasteiger partial charge >= 0.3 is 0 Å². The Labute approximate surface area is 105 Å². The van der Waals surface area contributed by atoms with Gasteiger partial charge in [0.1, 0.15) is 5.82 Å². The monoisotopic (exact) mass is 247 g/mol. The molecule has 94 valence electrons. The Bertz CT molecular complexity index is 505. The number of amides is 1. The van der Waals surface area contributed by atoms with Crippen molar-refractivity contribution in [2.75, 3.05) is 12.3 Å². The first-order chi connectivity index (χ1) is 8.65. The van der Waals surface area contributed by atoms with E-state index < -0.39 is 5.82 Å². The van der Waals surface area contributed by atoms with Gasteiger partial charge in [0.2, 0.25) is 0 Å². The number of para-hydroxylation sites is 1. The van der Waals surface area contributed by atoms with Crippen molar-refractivity contribution in [1.29, 1.82) is 5.26 Å². The Hall–Kier alpha value is -2.09. The molecule has 5 heteroatoms. The lowest BCUT2D eigenvalue weighted by Crippen LogP contribution is -2.34. The SMILES string of the molecule is N#CCCN(C(=O)c1cccc(F)c1N)C1CC1. The van der Waals surface area contributed by atoms with Crippen molar-refractivity contribution in [1.82, 2.24) is 4.90 Å². The number of nitrogens with two attached hydrogens (primary N) is 1. The number of nitriles is 1. The van der Waals surface area contributed by atoms with Gasteiger partial charge in [0.15, 0.2) is 0 Å². The molecule has 1 aliphatic rings. The minimum absolute atomic E-state index is 0.120. The molecule has 0 heterocycles. The molecule has 1 aromatic rings. The van der Waals surface area contributed by atoms with E-state index >= 15 is 0 Å². The summed E-state index contributed by atoms with van der Waals surface area (Å²) in [7, 11) is 0. The van der Waals surface area contributed by atoms with E-state index in [-0.39, 0.29) is 29.6 Å². The fraction of sp³-hybridized carbons (Fsp3) is 0.385. The summed E-state index contributed by atoms with van der Waals surface area (Å²) in [6.45, 7) is 0.371. The van der Waals surface area contributed by atoms with Gasteiger partial charge in [-0.05, 0) is 25.0 Å². The number of hydrogen-bond acceptors (Lipinski definition) is 3. The minimum atomic E-state index is -0.586. The van der Waals surface area contributed by atoms with Crippen molar-refractivity contribution in [3.8, 4) is 6.07 Å². The highest BCUT2D eigenvalue weighted by Gasteiger charge is 2.33. The third-order valence-electron chi connectivity index (χ3n) is 3.00. The summed E-state index contributed by atoms with van der Waals surface area (Å²) >= 11 is 0. The van der Waals surface area contributed by atoms with E-state index in [0.29, 0.717) is 6.54 Å². The van der Waals surface area contributed by atoms with Crippen molar-refractivity contribution >= 4 is 11.6 Å². The molecular weight excluding hydrogens is 233 g/mol. The second-order valence-electron chi connectivity index (χ2n) is 4.34. The van der Waals surface area contributed by atoms with Crippen LogP contribution in [-0.4, -0.2) is 23.4 Å². The van der Waals surface area contributed by atoms with Crippen LogP contribution in [0, 0.1) is 17.1 Å². The van der Waals surface area contributed by atoms with Gasteiger partial charge in [-0.2, -0.15) is 5.26 Å². The summed E-state index contributed by atoms with van der Waals surface area (Å²) < 4.78 is 13.3. The molecule has 0 saturated heterocycles. The summed E-state index contributed by atoms with van der Waals surface area (Å²) in [4.78, 5) is 13.9. The Morgan fingerprint density at radius 2 is 2.28 bits per heavy atom. The lowest BCUT2D eigenvalue weighted by atomic mass is 10.1. The molecule has 0 aromatic heterocycles. The van der Waals surface area contributed by atoms with Gasteiger partial charge in [-0.3, -0.25) is 4.79 Å². The molecule has 1 aliphatic carbocycles. The number of rotatable bonds is 4. The summed E-state index contributed by atoms with van der Waals surface area (Å²) in [5.74, 6) is -0.873. The van der Waals surface area contributed by atoms with Crippen LogP contribution in [0.5, 0.6) is 0 Å². The Morgan fingerprint density at radius 3 is 2.89 bits per heavy atom. The first kappa shape index (κ1) is 12.4. The first-order valence-electron chi connectivity index (χ1n) is 5.87. The predicted octanol–water partition coefficient (Wildman–Crippen LogP) is 1.93. The third kappa shape index (κ3) is 2.43. The largest absolute Gasteiger partial charge is 0.396 e. The Balaban J connectivity index is 2.22. The summed E-state index contributed by atoms with van der Waals surface area (Å²) in [6.07, 6.45) is 2.15. The van der Waals surface area contributed by atoms with E-state index in [9.17, 15) is 9.18 Å². The second kappa shape index (κ2) is 5.05. The molecule has 4 nitrogen and oxygen atoms in total. The van der Waals surface area contributed by atoms with Crippen LogP contribution in [0.15, 0.2) is 18.2 Å².